The van der Waals surface area contributed by atoms with Gasteiger partial charge in [0.25, 0.3) is 0 Å². The fourth-order valence-electron chi connectivity index (χ4n) is 4.98. The van der Waals surface area contributed by atoms with Gasteiger partial charge in [0, 0.05) is 10.9 Å². The second kappa shape index (κ2) is 10.8. The van der Waals surface area contributed by atoms with Crippen LogP contribution in [-0.4, -0.2) is 21.3 Å². The van der Waals surface area contributed by atoms with Gasteiger partial charge in [0.1, 0.15) is 18.1 Å². The van der Waals surface area contributed by atoms with Crippen molar-refractivity contribution in [3.8, 4) is 35.1 Å². The van der Waals surface area contributed by atoms with E-state index >= 15 is 0 Å². The third-order valence-electron chi connectivity index (χ3n) is 7.25. The van der Waals surface area contributed by atoms with Crippen molar-refractivity contribution in [2.24, 2.45) is 0 Å². The van der Waals surface area contributed by atoms with Crippen molar-refractivity contribution in [2.45, 2.75) is 78.7 Å². The Morgan fingerprint density at radius 1 is 0.950 bits per heavy atom. The summed E-state index contributed by atoms with van der Waals surface area (Å²) in [7, 11) is 0. The Balaban J connectivity index is 1.94. The van der Waals surface area contributed by atoms with Crippen LogP contribution in [0.3, 0.4) is 0 Å². The lowest BCUT2D eigenvalue weighted by molar-refractivity contribution is 0.371. The van der Waals surface area contributed by atoms with Gasteiger partial charge < -0.3 is 9.84 Å². The summed E-state index contributed by atoms with van der Waals surface area (Å²) in [6, 6.07) is 17.8. The van der Waals surface area contributed by atoms with Gasteiger partial charge in [0.15, 0.2) is 0 Å². The van der Waals surface area contributed by atoms with Crippen LogP contribution in [0, 0.1) is 12.3 Å². The van der Waals surface area contributed by atoms with Gasteiger partial charge in [-0.3, -0.25) is 4.57 Å². The van der Waals surface area contributed by atoms with Gasteiger partial charge in [-0.2, -0.15) is 4.98 Å². The average molecular weight is 537 g/mol. The van der Waals surface area contributed by atoms with Gasteiger partial charge >= 0.3 is 5.69 Å². The average Bonchev–Trinajstić information content (AvgIpc) is 2.88. The van der Waals surface area contributed by atoms with Crippen LogP contribution in [0.2, 0.25) is 0 Å². The van der Waals surface area contributed by atoms with E-state index in [4.69, 9.17) is 11.2 Å². The first-order valence-electron chi connectivity index (χ1n) is 13.8. The SMILES string of the molecule is C#CCOc1ccc2c(c1)c(-c1ccc(C(C)C)cc1)nc(=O)n2Cc1cc(C(C)(C)C)c(O)c(C(C)(C)C)c1. The quantitative estimate of drug-likeness (QED) is 0.259. The molecule has 4 rings (SSSR count). The topological polar surface area (TPSA) is 64.3 Å². The Morgan fingerprint density at radius 2 is 1.55 bits per heavy atom. The van der Waals surface area contributed by atoms with Gasteiger partial charge in [0.2, 0.25) is 0 Å². The third kappa shape index (κ3) is 5.92. The summed E-state index contributed by atoms with van der Waals surface area (Å²) in [5, 5.41) is 12.0. The summed E-state index contributed by atoms with van der Waals surface area (Å²) in [6.45, 7) is 17.3. The van der Waals surface area contributed by atoms with Crippen molar-refractivity contribution in [2.75, 3.05) is 6.61 Å². The third-order valence-corrected chi connectivity index (χ3v) is 7.25. The zero-order valence-electron chi connectivity index (χ0n) is 24.9. The molecule has 1 aromatic heterocycles. The second-order valence-electron chi connectivity index (χ2n) is 12.8. The molecule has 0 saturated carbocycles. The van der Waals surface area contributed by atoms with E-state index in [9.17, 15) is 9.90 Å². The molecule has 0 saturated heterocycles. The largest absolute Gasteiger partial charge is 0.507 e. The number of benzene rings is 3. The van der Waals surface area contributed by atoms with Crippen molar-refractivity contribution < 1.29 is 9.84 Å². The van der Waals surface area contributed by atoms with Crippen LogP contribution in [0.5, 0.6) is 11.5 Å². The normalized spacial score (nSPS) is 12.1. The van der Waals surface area contributed by atoms with E-state index in [2.05, 4.69) is 78.4 Å². The number of terminal acetylenes is 1. The maximum absolute atomic E-state index is 13.6. The molecule has 0 spiro atoms. The minimum Gasteiger partial charge on any atom is -0.507 e. The van der Waals surface area contributed by atoms with E-state index in [0.29, 0.717) is 29.7 Å². The molecule has 0 amide bonds. The summed E-state index contributed by atoms with van der Waals surface area (Å²) < 4.78 is 7.43. The Labute approximate surface area is 237 Å². The predicted octanol–water partition coefficient (Wildman–Crippen LogP) is 7.55. The summed E-state index contributed by atoms with van der Waals surface area (Å²) in [4.78, 5) is 18.2. The Kier molecular flexibility index (Phi) is 7.85. The highest BCUT2D eigenvalue weighted by atomic mass is 16.5. The molecule has 0 aliphatic heterocycles. The van der Waals surface area contributed by atoms with Crippen molar-refractivity contribution in [3.63, 3.8) is 0 Å². The summed E-state index contributed by atoms with van der Waals surface area (Å²) >= 11 is 0. The zero-order chi connectivity index (χ0) is 29.4. The molecule has 1 heterocycles. The zero-order valence-corrected chi connectivity index (χ0v) is 24.9. The van der Waals surface area contributed by atoms with Gasteiger partial charge in [-0.15, -0.1) is 6.42 Å². The molecule has 0 aliphatic carbocycles. The number of rotatable bonds is 6. The highest BCUT2D eigenvalue weighted by molar-refractivity contribution is 5.93. The molecule has 0 atom stereocenters. The first-order chi connectivity index (χ1) is 18.7. The van der Waals surface area contributed by atoms with Gasteiger partial charge in [-0.05, 0) is 69.3 Å². The van der Waals surface area contributed by atoms with E-state index in [0.717, 1.165) is 33.2 Å². The minimum absolute atomic E-state index is 0.148. The number of phenolic OH excluding ortho intramolecular Hbond substituents is 1. The van der Waals surface area contributed by atoms with Gasteiger partial charge in [-0.25, -0.2) is 4.79 Å². The van der Waals surface area contributed by atoms with Crippen LogP contribution >= 0.6 is 0 Å². The standard InChI is InChI=1S/C35H40N2O3/c1-10-17-40-26-15-16-30-27(20-26)31(25-13-11-24(12-14-25)22(2)3)36-33(39)37(30)21-23-18-28(34(4,5)6)32(38)29(19-23)35(7,8)9/h1,11-16,18-20,22,38H,17,21H2,2-9H3. The molecule has 40 heavy (non-hydrogen) atoms. The molecule has 0 fully saturated rings. The lowest BCUT2D eigenvalue weighted by Gasteiger charge is -2.28. The molecule has 0 unspecified atom stereocenters. The van der Waals surface area contributed by atoms with Crippen molar-refractivity contribution in [3.05, 3.63) is 87.3 Å². The van der Waals surface area contributed by atoms with Crippen molar-refractivity contribution in [1.82, 2.24) is 9.55 Å². The van der Waals surface area contributed by atoms with Crippen LogP contribution in [0.15, 0.2) is 59.4 Å². The molecule has 5 heteroatoms. The lowest BCUT2D eigenvalue weighted by Crippen LogP contribution is -2.25. The van der Waals surface area contributed by atoms with Crippen molar-refractivity contribution in [1.29, 1.82) is 0 Å². The number of ether oxygens (including phenoxy) is 1. The Bertz CT molecular complexity index is 1610. The van der Waals surface area contributed by atoms with E-state index in [1.54, 1.807) is 4.57 Å². The Hall–Kier alpha value is -4.04. The van der Waals surface area contributed by atoms with Gasteiger partial charge in [-0.1, -0.05) is 85.6 Å². The molecular formula is C35H40N2O3. The number of phenols is 1. The number of fused-ring (bicyclic) bond motifs is 1. The van der Waals surface area contributed by atoms with Crippen LogP contribution in [0.1, 0.15) is 83.6 Å². The maximum Gasteiger partial charge on any atom is 0.348 e. The Morgan fingerprint density at radius 3 is 2.08 bits per heavy atom. The van der Waals surface area contributed by atoms with E-state index in [-0.39, 0.29) is 23.1 Å². The first kappa shape index (κ1) is 29.0. The fourth-order valence-corrected chi connectivity index (χ4v) is 4.98. The van der Waals surface area contributed by atoms with E-state index < -0.39 is 0 Å². The molecule has 5 nitrogen and oxygen atoms in total. The highest BCUT2D eigenvalue weighted by Crippen LogP contribution is 2.40. The molecule has 3 aromatic carbocycles. The van der Waals surface area contributed by atoms with Crippen LogP contribution < -0.4 is 10.4 Å². The number of hydrogen-bond donors (Lipinski definition) is 1. The lowest BCUT2D eigenvalue weighted by atomic mass is 9.78. The number of hydrogen-bond acceptors (Lipinski definition) is 4. The number of nitrogens with zero attached hydrogens (tertiary/aromatic N) is 2. The van der Waals surface area contributed by atoms with E-state index in [1.165, 1.54) is 5.56 Å². The summed E-state index contributed by atoms with van der Waals surface area (Å²) in [6.07, 6.45) is 5.42. The molecule has 0 radical (unpaired) electrons. The molecule has 1 N–H and O–H groups in total. The van der Waals surface area contributed by atoms with E-state index in [1.807, 2.05) is 42.5 Å². The van der Waals surface area contributed by atoms with Crippen molar-refractivity contribution >= 4 is 10.9 Å². The molecule has 0 aliphatic rings. The molecule has 0 bridgehead atoms. The molecular weight excluding hydrogens is 496 g/mol. The van der Waals surface area contributed by atoms with Crippen LogP contribution in [0.4, 0.5) is 0 Å². The van der Waals surface area contributed by atoms with Crippen LogP contribution in [-0.2, 0) is 17.4 Å². The maximum atomic E-state index is 13.6. The monoisotopic (exact) mass is 536 g/mol. The number of aromatic hydroxyl groups is 1. The van der Waals surface area contributed by atoms with Crippen LogP contribution in [0.25, 0.3) is 22.2 Å². The predicted molar refractivity (Wildman–Crippen MR) is 164 cm³/mol. The fraction of sp³-hybridized carbons (Fsp3) is 0.371. The summed E-state index contributed by atoms with van der Waals surface area (Å²) in [5.74, 6) is 3.84. The number of aromatic nitrogens is 2. The second-order valence-corrected chi connectivity index (χ2v) is 12.8. The smallest absolute Gasteiger partial charge is 0.348 e. The van der Waals surface area contributed by atoms with Gasteiger partial charge in [0.05, 0.1) is 17.8 Å². The molecule has 208 valence electrons. The highest BCUT2D eigenvalue weighted by Gasteiger charge is 2.27. The first-order valence-corrected chi connectivity index (χ1v) is 13.8. The summed E-state index contributed by atoms with van der Waals surface area (Å²) in [5.41, 5.74) is 5.18. The molecule has 4 aromatic rings. The minimum atomic E-state index is -0.338.